The van der Waals surface area contributed by atoms with Gasteiger partial charge in [-0.05, 0) is 62.2 Å². The molecule has 6 nitrogen and oxygen atoms in total. The number of rotatable bonds is 4. The number of imidazole rings is 1. The maximum atomic E-state index is 13.0. The second-order valence-corrected chi connectivity index (χ2v) is 7.56. The molecule has 0 bridgehead atoms. The molecule has 0 saturated carbocycles. The maximum absolute atomic E-state index is 13.0. The Kier molecular flexibility index (Phi) is 4.67. The molecule has 30 heavy (non-hydrogen) atoms. The Morgan fingerprint density at radius 1 is 1.00 bits per heavy atom. The topological polar surface area (TPSA) is 63.1 Å². The SMILES string of the molecule is Cc1nc2cc(C(=O)Nc3cccnc3N3CCCC3)ccc2n1-c1ccccc1. The predicted molar refractivity (Wildman–Crippen MR) is 119 cm³/mol. The van der Waals surface area contributed by atoms with Crippen molar-refractivity contribution in [3.05, 3.63) is 78.2 Å². The molecular formula is C24H23N5O. The van der Waals surface area contributed by atoms with Crippen LogP contribution in [-0.4, -0.2) is 33.5 Å². The van der Waals surface area contributed by atoms with Crippen molar-refractivity contribution in [2.75, 3.05) is 23.3 Å². The van der Waals surface area contributed by atoms with Gasteiger partial charge in [-0.3, -0.25) is 9.36 Å². The number of pyridine rings is 1. The van der Waals surface area contributed by atoms with Crippen LogP contribution in [0.5, 0.6) is 0 Å². The van der Waals surface area contributed by atoms with Crippen molar-refractivity contribution < 1.29 is 4.79 Å². The molecule has 0 unspecified atom stereocenters. The van der Waals surface area contributed by atoms with Gasteiger partial charge in [0.25, 0.3) is 5.91 Å². The summed E-state index contributed by atoms with van der Waals surface area (Å²) in [5.41, 5.74) is 4.16. The van der Waals surface area contributed by atoms with Gasteiger partial charge in [-0.25, -0.2) is 9.97 Å². The van der Waals surface area contributed by atoms with Gasteiger partial charge in [-0.1, -0.05) is 18.2 Å². The van der Waals surface area contributed by atoms with E-state index in [0.29, 0.717) is 5.56 Å². The monoisotopic (exact) mass is 397 g/mol. The molecule has 5 rings (SSSR count). The Morgan fingerprint density at radius 3 is 2.60 bits per heavy atom. The van der Waals surface area contributed by atoms with Crippen LogP contribution in [-0.2, 0) is 0 Å². The van der Waals surface area contributed by atoms with Crippen LogP contribution in [0, 0.1) is 6.92 Å². The third kappa shape index (κ3) is 3.30. The lowest BCUT2D eigenvalue weighted by Crippen LogP contribution is -2.22. The van der Waals surface area contributed by atoms with E-state index in [4.69, 9.17) is 0 Å². The summed E-state index contributed by atoms with van der Waals surface area (Å²) in [7, 11) is 0. The van der Waals surface area contributed by atoms with Gasteiger partial charge in [0.2, 0.25) is 0 Å². The number of hydrogen-bond acceptors (Lipinski definition) is 4. The van der Waals surface area contributed by atoms with Crippen molar-refractivity contribution in [3.63, 3.8) is 0 Å². The molecular weight excluding hydrogens is 374 g/mol. The number of nitrogens with one attached hydrogen (secondary N) is 1. The number of para-hydroxylation sites is 1. The smallest absolute Gasteiger partial charge is 0.255 e. The van der Waals surface area contributed by atoms with E-state index in [-0.39, 0.29) is 5.91 Å². The van der Waals surface area contributed by atoms with Gasteiger partial charge in [0.15, 0.2) is 5.82 Å². The molecule has 1 fully saturated rings. The highest BCUT2D eigenvalue weighted by molar-refractivity contribution is 6.07. The predicted octanol–water partition coefficient (Wildman–Crippen LogP) is 4.58. The number of amides is 1. The molecule has 3 heterocycles. The number of carbonyl (C=O) groups is 1. The average molecular weight is 397 g/mol. The van der Waals surface area contributed by atoms with Gasteiger partial charge in [0.1, 0.15) is 5.82 Å². The van der Waals surface area contributed by atoms with E-state index in [1.165, 1.54) is 0 Å². The summed E-state index contributed by atoms with van der Waals surface area (Å²) < 4.78 is 2.10. The highest BCUT2D eigenvalue weighted by atomic mass is 16.1. The zero-order chi connectivity index (χ0) is 20.5. The van der Waals surface area contributed by atoms with Crippen molar-refractivity contribution in [1.29, 1.82) is 0 Å². The van der Waals surface area contributed by atoms with Crippen LogP contribution < -0.4 is 10.2 Å². The zero-order valence-electron chi connectivity index (χ0n) is 16.9. The summed E-state index contributed by atoms with van der Waals surface area (Å²) >= 11 is 0. The first-order valence-electron chi connectivity index (χ1n) is 10.3. The first kappa shape index (κ1) is 18.4. The van der Waals surface area contributed by atoms with Crippen LogP contribution in [0.3, 0.4) is 0 Å². The van der Waals surface area contributed by atoms with Crippen molar-refractivity contribution in [2.24, 2.45) is 0 Å². The Hall–Kier alpha value is -3.67. The third-order valence-corrected chi connectivity index (χ3v) is 5.54. The second kappa shape index (κ2) is 7.63. The Bertz CT molecular complexity index is 1210. The van der Waals surface area contributed by atoms with Crippen molar-refractivity contribution in [3.8, 4) is 5.69 Å². The van der Waals surface area contributed by atoms with E-state index in [2.05, 4.69) is 36.9 Å². The van der Waals surface area contributed by atoms with Crippen molar-refractivity contribution in [1.82, 2.24) is 14.5 Å². The Balaban J connectivity index is 1.45. The number of carbonyl (C=O) groups excluding carboxylic acids is 1. The molecule has 0 aliphatic carbocycles. The molecule has 6 heteroatoms. The molecule has 4 aromatic rings. The summed E-state index contributed by atoms with van der Waals surface area (Å²) in [5.74, 6) is 1.57. The number of aryl methyl sites for hydroxylation is 1. The summed E-state index contributed by atoms with van der Waals surface area (Å²) in [6.45, 7) is 3.93. The minimum atomic E-state index is -0.155. The van der Waals surface area contributed by atoms with Gasteiger partial charge >= 0.3 is 0 Å². The lowest BCUT2D eigenvalue weighted by Gasteiger charge is -2.20. The first-order chi connectivity index (χ1) is 14.7. The van der Waals surface area contributed by atoms with E-state index < -0.39 is 0 Å². The van der Waals surface area contributed by atoms with Crippen molar-refractivity contribution in [2.45, 2.75) is 19.8 Å². The molecule has 1 aliphatic heterocycles. The largest absolute Gasteiger partial charge is 0.355 e. The first-order valence-corrected chi connectivity index (χ1v) is 10.3. The lowest BCUT2D eigenvalue weighted by molar-refractivity contribution is 0.102. The van der Waals surface area contributed by atoms with Crippen LogP contribution in [0.4, 0.5) is 11.5 Å². The minimum absolute atomic E-state index is 0.155. The van der Waals surface area contributed by atoms with Crippen LogP contribution in [0.2, 0.25) is 0 Å². The molecule has 1 amide bonds. The van der Waals surface area contributed by atoms with Crippen LogP contribution in [0.25, 0.3) is 16.7 Å². The highest BCUT2D eigenvalue weighted by Gasteiger charge is 2.19. The number of aromatic nitrogens is 3. The third-order valence-electron chi connectivity index (χ3n) is 5.54. The number of fused-ring (bicyclic) bond motifs is 1. The fourth-order valence-corrected chi connectivity index (χ4v) is 4.11. The Labute approximate surface area is 175 Å². The fraction of sp³-hybridized carbons (Fsp3) is 0.208. The highest BCUT2D eigenvalue weighted by Crippen LogP contribution is 2.27. The van der Waals surface area contributed by atoms with Gasteiger partial charge in [-0.15, -0.1) is 0 Å². The number of benzene rings is 2. The normalized spacial score (nSPS) is 13.7. The molecule has 2 aromatic carbocycles. The van der Waals surface area contributed by atoms with Crippen LogP contribution in [0.1, 0.15) is 29.0 Å². The Morgan fingerprint density at radius 2 is 1.80 bits per heavy atom. The van der Waals surface area contributed by atoms with Gasteiger partial charge < -0.3 is 10.2 Å². The molecule has 2 aromatic heterocycles. The van der Waals surface area contributed by atoms with Gasteiger partial charge in [0, 0.05) is 30.5 Å². The molecule has 1 aliphatic rings. The van der Waals surface area contributed by atoms with Gasteiger partial charge in [-0.2, -0.15) is 0 Å². The standard InChI is InChI=1S/C24H23N5O/c1-17-26-21-16-18(11-12-22(21)29(17)19-8-3-2-4-9-19)24(30)27-20-10-7-13-25-23(20)28-14-5-6-15-28/h2-4,7-13,16H,5-6,14-15H2,1H3,(H,27,30). The number of anilines is 2. The minimum Gasteiger partial charge on any atom is -0.355 e. The number of hydrogen-bond donors (Lipinski definition) is 1. The summed E-state index contributed by atoms with van der Waals surface area (Å²) in [4.78, 5) is 24.4. The van der Waals surface area contributed by atoms with E-state index in [1.807, 2.05) is 55.5 Å². The summed E-state index contributed by atoms with van der Waals surface area (Å²) in [5, 5.41) is 3.04. The van der Waals surface area contributed by atoms with E-state index in [1.54, 1.807) is 6.20 Å². The van der Waals surface area contributed by atoms with E-state index >= 15 is 0 Å². The zero-order valence-corrected chi connectivity index (χ0v) is 16.9. The number of nitrogens with zero attached hydrogens (tertiary/aromatic N) is 4. The molecule has 0 spiro atoms. The maximum Gasteiger partial charge on any atom is 0.255 e. The van der Waals surface area contributed by atoms with Crippen LogP contribution >= 0.6 is 0 Å². The summed E-state index contributed by atoms with van der Waals surface area (Å²) in [6, 6.07) is 19.5. The summed E-state index contributed by atoms with van der Waals surface area (Å²) in [6.07, 6.45) is 4.09. The molecule has 1 N–H and O–H groups in total. The van der Waals surface area contributed by atoms with E-state index in [0.717, 1.165) is 60.0 Å². The van der Waals surface area contributed by atoms with Crippen molar-refractivity contribution >= 4 is 28.4 Å². The second-order valence-electron chi connectivity index (χ2n) is 7.56. The lowest BCUT2D eigenvalue weighted by atomic mass is 10.1. The molecule has 1 saturated heterocycles. The van der Waals surface area contributed by atoms with E-state index in [9.17, 15) is 4.79 Å². The molecule has 0 atom stereocenters. The quantitative estimate of drug-likeness (QED) is 0.547. The van der Waals surface area contributed by atoms with Gasteiger partial charge in [0.05, 0.1) is 16.7 Å². The molecule has 150 valence electrons. The molecule has 0 radical (unpaired) electrons. The fourth-order valence-electron chi connectivity index (χ4n) is 4.11. The average Bonchev–Trinajstić information content (AvgIpc) is 3.41. The van der Waals surface area contributed by atoms with Crippen LogP contribution in [0.15, 0.2) is 66.9 Å².